The molecule has 0 saturated heterocycles. The Morgan fingerprint density at radius 1 is 1.60 bits per heavy atom. The second-order valence-electron chi connectivity index (χ2n) is 3.44. The lowest BCUT2D eigenvalue weighted by atomic mass is 10.4. The summed E-state index contributed by atoms with van der Waals surface area (Å²) < 4.78 is 1.67. The first-order chi connectivity index (χ1) is 6.91. The zero-order valence-electron chi connectivity index (χ0n) is 8.35. The minimum atomic E-state index is -0.0702. The Morgan fingerprint density at radius 2 is 2.20 bits per heavy atom. The van der Waals surface area contributed by atoms with Gasteiger partial charge >= 0.3 is 0 Å². The van der Waals surface area contributed by atoms with Crippen molar-refractivity contribution in [1.29, 1.82) is 0 Å². The number of hydrogen-bond acceptors (Lipinski definition) is 3. The largest absolute Gasteiger partial charge is 0.352 e. The maximum absolute atomic E-state index is 11.5. The fourth-order valence-electron chi connectivity index (χ4n) is 1.14. The summed E-state index contributed by atoms with van der Waals surface area (Å²) in [5.41, 5.74) is 0. The summed E-state index contributed by atoms with van der Waals surface area (Å²) in [5, 5.41) is 5.85. The Bertz CT molecular complexity index is 293. The molecule has 1 atom stereocenters. The molecule has 0 bridgehead atoms. The van der Waals surface area contributed by atoms with Crippen molar-refractivity contribution < 1.29 is 4.79 Å². The van der Waals surface area contributed by atoms with E-state index in [4.69, 9.17) is 0 Å². The van der Waals surface area contributed by atoms with Crippen molar-refractivity contribution in [1.82, 2.24) is 15.5 Å². The molecule has 0 saturated carbocycles. The van der Waals surface area contributed by atoms with Crippen LogP contribution >= 0.6 is 47.8 Å². The quantitative estimate of drug-likeness (QED) is 0.557. The number of alkyl halides is 1. The first-order valence-electron chi connectivity index (χ1n) is 4.43. The normalized spacial score (nSPS) is 20.9. The highest BCUT2D eigenvalue weighted by atomic mass is 79.9. The number of carbonyl (C=O) groups is 1. The topological polar surface area (TPSA) is 44.4 Å². The molecular weight excluding hydrogens is 394 g/mol. The zero-order valence-corrected chi connectivity index (χ0v) is 13.1. The lowest BCUT2D eigenvalue weighted by molar-refractivity contribution is -0.122. The van der Waals surface area contributed by atoms with Gasteiger partial charge in [-0.2, -0.15) is 0 Å². The van der Waals surface area contributed by atoms with Crippen LogP contribution in [0, 0.1) is 0 Å². The van der Waals surface area contributed by atoms with Gasteiger partial charge in [0.25, 0.3) is 0 Å². The average Bonchev–Trinajstić information content (AvgIpc) is 2.31. The predicted molar refractivity (Wildman–Crippen MR) is 70.7 cm³/mol. The van der Waals surface area contributed by atoms with E-state index in [1.807, 2.05) is 18.7 Å². The molecule has 15 heavy (non-hydrogen) atoms. The van der Waals surface area contributed by atoms with Gasteiger partial charge in [0.15, 0.2) is 5.08 Å². The van der Waals surface area contributed by atoms with Crippen LogP contribution in [0.15, 0.2) is 9.21 Å². The van der Waals surface area contributed by atoms with Crippen molar-refractivity contribution >= 4 is 53.7 Å². The van der Waals surface area contributed by atoms with E-state index in [1.54, 1.807) is 0 Å². The van der Waals surface area contributed by atoms with Crippen molar-refractivity contribution in [2.24, 2.45) is 0 Å². The molecule has 2 N–H and O–H groups in total. The van der Waals surface area contributed by atoms with E-state index in [1.165, 1.54) is 0 Å². The van der Waals surface area contributed by atoms with Crippen molar-refractivity contribution in [3.05, 3.63) is 9.21 Å². The first kappa shape index (κ1) is 13.3. The lowest BCUT2D eigenvalue weighted by Gasteiger charge is -2.22. The number of nitrogens with zero attached hydrogens (tertiary/aromatic N) is 1. The highest BCUT2D eigenvalue weighted by Crippen LogP contribution is 2.30. The van der Waals surface area contributed by atoms with Crippen LogP contribution in [0.5, 0.6) is 0 Å². The molecular formula is C8H12Br3N3O. The number of hydrogen-bond donors (Lipinski definition) is 2. The number of amides is 1. The average molecular weight is 406 g/mol. The molecule has 86 valence electrons. The molecule has 0 radical (unpaired) electrons. The van der Waals surface area contributed by atoms with Crippen LogP contribution in [-0.2, 0) is 4.79 Å². The third kappa shape index (κ3) is 3.64. The molecule has 1 amide bonds. The summed E-state index contributed by atoms with van der Waals surface area (Å²) in [4.78, 5) is 13.4. The van der Waals surface area contributed by atoms with Gasteiger partial charge in [0.05, 0.1) is 0 Å². The summed E-state index contributed by atoms with van der Waals surface area (Å²) in [7, 11) is 0. The van der Waals surface area contributed by atoms with Crippen molar-refractivity contribution in [3.8, 4) is 0 Å². The van der Waals surface area contributed by atoms with E-state index in [9.17, 15) is 4.79 Å². The predicted octanol–water partition coefficient (Wildman–Crippen LogP) is 2.01. The number of halogens is 3. The smallest absolute Gasteiger partial charge is 0.239 e. The highest BCUT2D eigenvalue weighted by molar-refractivity contribution is 9.14. The standard InChI is InChI=1S/C8H12Br3N3O/c1-4(2)12-5(15)3-14-7(10)6(9)13-8(14)11/h4,8,13H,3H2,1-2H3,(H,12,15). The molecule has 4 nitrogen and oxygen atoms in total. The molecule has 0 aromatic carbocycles. The van der Waals surface area contributed by atoms with E-state index in [-0.39, 0.29) is 17.0 Å². The van der Waals surface area contributed by atoms with Gasteiger partial charge in [-0.25, -0.2) is 0 Å². The first-order valence-corrected chi connectivity index (χ1v) is 6.94. The van der Waals surface area contributed by atoms with Gasteiger partial charge in [-0.3, -0.25) is 4.79 Å². The van der Waals surface area contributed by atoms with Crippen LogP contribution in [0.3, 0.4) is 0 Å². The second-order valence-corrected chi connectivity index (χ2v) is 5.85. The van der Waals surface area contributed by atoms with E-state index in [2.05, 4.69) is 58.4 Å². The summed E-state index contributed by atoms with van der Waals surface area (Å²) in [6.45, 7) is 4.18. The summed E-state index contributed by atoms with van der Waals surface area (Å²) in [6, 6.07) is 0.160. The van der Waals surface area contributed by atoms with Gasteiger partial charge in [-0.15, -0.1) is 0 Å². The van der Waals surface area contributed by atoms with Gasteiger partial charge in [0, 0.05) is 6.04 Å². The van der Waals surface area contributed by atoms with E-state index < -0.39 is 0 Å². The monoisotopic (exact) mass is 403 g/mol. The molecule has 1 heterocycles. The van der Waals surface area contributed by atoms with Gasteiger partial charge < -0.3 is 15.5 Å². The van der Waals surface area contributed by atoms with Gasteiger partial charge in [-0.05, 0) is 61.6 Å². The zero-order chi connectivity index (χ0) is 11.6. The number of nitrogens with one attached hydrogen (secondary N) is 2. The summed E-state index contributed by atoms with van der Waals surface area (Å²) in [5.74, 6) is -0.00426. The Balaban J connectivity index is 2.55. The Hall–Kier alpha value is 0.250. The van der Waals surface area contributed by atoms with Gasteiger partial charge in [-0.1, -0.05) is 0 Å². The van der Waals surface area contributed by atoms with Crippen molar-refractivity contribution in [3.63, 3.8) is 0 Å². The van der Waals surface area contributed by atoms with Crippen molar-refractivity contribution in [2.75, 3.05) is 6.54 Å². The van der Waals surface area contributed by atoms with E-state index in [0.29, 0.717) is 6.54 Å². The molecule has 1 unspecified atom stereocenters. The Morgan fingerprint density at radius 3 is 2.60 bits per heavy atom. The van der Waals surface area contributed by atoms with Crippen LogP contribution < -0.4 is 10.6 Å². The maximum Gasteiger partial charge on any atom is 0.239 e. The Labute approximate surface area is 114 Å². The van der Waals surface area contributed by atoms with Crippen LogP contribution in [0.1, 0.15) is 13.8 Å². The molecule has 1 aliphatic rings. The lowest BCUT2D eigenvalue weighted by Crippen LogP contribution is -2.42. The van der Waals surface area contributed by atoms with Crippen LogP contribution in [-0.4, -0.2) is 28.5 Å². The molecule has 0 spiro atoms. The fraction of sp³-hybridized carbons (Fsp3) is 0.625. The van der Waals surface area contributed by atoms with Gasteiger partial charge in [0.1, 0.15) is 15.8 Å². The Kier molecular flexibility index (Phi) is 4.92. The SMILES string of the molecule is CC(C)NC(=O)CN1C(Br)=C(Br)NC1Br. The minimum absolute atomic E-state index is 0.00426. The van der Waals surface area contributed by atoms with Crippen LogP contribution in [0.25, 0.3) is 0 Å². The number of rotatable bonds is 3. The molecule has 7 heteroatoms. The van der Waals surface area contributed by atoms with E-state index in [0.717, 1.165) is 9.21 Å². The summed E-state index contributed by atoms with van der Waals surface area (Å²) in [6.07, 6.45) is 0. The van der Waals surface area contributed by atoms with Crippen LogP contribution in [0.4, 0.5) is 0 Å². The second kappa shape index (κ2) is 5.54. The third-order valence-electron chi connectivity index (χ3n) is 1.72. The molecule has 0 aromatic heterocycles. The molecule has 0 fully saturated rings. The fourth-order valence-corrected chi connectivity index (χ4v) is 3.19. The van der Waals surface area contributed by atoms with E-state index >= 15 is 0 Å². The highest BCUT2D eigenvalue weighted by Gasteiger charge is 2.28. The molecule has 0 aromatic rings. The third-order valence-corrected chi connectivity index (χ3v) is 4.43. The summed E-state index contributed by atoms with van der Waals surface area (Å²) >= 11 is 10.1. The molecule has 1 aliphatic heterocycles. The number of carbonyl (C=O) groups excluding carboxylic acids is 1. The molecule has 1 rings (SSSR count). The molecule has 0 aliphatic carbocycles. The minimum Gasteiger partial charge on any atom is -0.352 e. The van der Waals surface area contributed by atoms with Gasteiger partial charge in [0.2, 0.25) is 5.91 Å². The van der Waals surface area contributed by atoms with Crippen LogP contribution in [0.2, 0.25) is 0 Å². The van der Waals surface area contributed by atoms with Crippen molar-refractivity contribution in [2.45, 2.75) is 25.0 Å². The maximum atomic E-state index is 11.5.